The van der Waals surface area contributed by atoms with Crippen LogP contribution in [-0.2, 0) is 16.4 Å². The van der Waals surface area contributed by atoms with Gasteiger partial charge in [-0.2, -0.15) is 0 Å². The summed E-state index contributed by atoms with van der Waals surface area (Å²) >= 11 is 1.22. The Balaban J connectivity index is 1.57. The highest BCUT2D eigenvalue weighted by molar-refractivity contribution is 7.93. The zero-order valence-electron chi connectivity index (χ0n) is 16.0. The average molecular weight is 447 g/mol. The van der Waals surface area contributed by atoms with E-state index in [-0.39, 0.29) is 22.5 Å². The lowest BCUT2D eigenvalue weighted by Crippen LogP contribution is -2.14. The molecule has 3 aromatic rings. The van der Waals surface area contributed by atoms with E-state index in [1.807, 2.05) is 18.2 Å². The molecular weight excluding hydrogens is 430 g/mol. The van der Waals surface area contributed by atoms with Gasteiger partial charge < -0.3 is 9.47 Å². The summed E-state index contributed by atoms with van der Waals surface area (Å²) in [6.07, 6.45) is 0.553. The fourth-order valence-corrected chi connectivity index (χ4v) is 5.53. The number of benzene rings is 2. The van der Waals surface area contributed by atoms with Gasteiger partial charge in [0.25, 0.3) is 15.7 Å². The summed E-state index contributed by atoms with van der Waals surface area (Å²) in [5.41, 5.74) is 1.79. The van der Waals surface area contributed by atoms with Gasteiger partial charge in [0.05, 0.1) is 15.5 Å². The zero-order valence-corrected chi connectivity index (χ0v) is 17.7. The van der Waals surface area contributed by atoms with Crippen molar-refractivity contribution in [3.8, 4) is 11.5 Å². The molecule has 1 N–H and O–H groups in total. The topological polar surface area (TPSA) is 121 Å². The maximum atomic E-state index is 12.8. The Morgan fingerprint density at radius 2 is 1.93 bits per heavy atom. The molecule has 0 saturated heterocycles. The second-order valence-corrected chi connectivity index (χ2v) is 9.44. The van der Waals surface area contributed by atoms with Crippen molar-refractivity contribution in [2.24, 2.45) is 0 Å². The van der Waals surface area contributed by atoms with Gasteiger partial charge in [-0.1, -0.05) is 12.1 Å². The minimum Gasteiger partial charge on any atom is -0.454 e. The molecule has 0 saturated carbocycles. The summed E-state index contributed by atoms with van der Waals surface area (Å²) < 4.78 is 38.8. The zero-order chi connectivity index (χ0) is 21.5. The Morgan fingerprint density at radius 1 is 1.17 bits per heavy atom. The number of hydrogen-bond donors (Lipinski definition) is 1. The third-order valence-electron chi connectivity index (χ3n) is 4.59. The van der Waals surface area contributed by atoms with Gasteiger partial charge in [-0.3, -0.25) is 14.8 Å². The summed E-state index contributed by atoms with van der Waals surface area (Å²) in [7, 11) is -4.03. The molecule has 0 aliphatic carbocycles. The normalized spacial score (nSPS) is 12.7. The number of thiazole rings is 1. The van der Waals surface area contributed by atoms with Crippen molar-refractivity contribution >= 4 is 32.2 Å². The molecule has 0 radical (unpaired) electrons. The number of nitrogens with zero attached hydrogens (tertiary/aromatic N) is 2. The van der Waals surface area contributed by atoms with E-state index in [0.29, 0.717) is 29.2 Å². The summed E-state index contributed by atoms with van der Waals surface area (Å²) in [5.74, 6) is 1.37. The molecule has 2 aromatic carbocycles. The SMILES string of the molecule is Cc1ccc([N+](=O)[O-])cc1S(=O)(=O)Nc1nc(C)c(Cc2ccc3c(c2)OCO3)s1. The van der Waals surface area contributed by atoms with Gasteiger partial charge in [0.1, 0.15) is 0 Å². The monoisotopic (exact) mass is 447 g/mol. The van der Waals surface area contributed by atoms with Crippen molar-refractivity contribution in [1.29, 1.82) is 0 Å². The highest BCUT2D eigenvalue weighted by Gasteiger charge is 2.23. The summed E-state index contributed by atoms with van der Waals surface area (Å²) in [6, 6.07) is 9.37. The van der Waals surface area contributed by atoms with Crippen molar-refractivity contribution in [2.45, 2.75) is 25.2 Å². The first kappa shape index (κ1) is 20.1. The van der Waals surface area contributed by atoms with Crippen LogP contribution >= 0.6 is 11.3 Å². The second-order valence-electron chi connectivity index (χ2n) is 6.70. The lowest BCUT2D eigenvalue weighted by atomic mass is 10.1. The number of nitro benzene ring substituents is 1. The number of sulfonamides is 1. The first-order valence-electron chi connectivity index (χ1n) is 8.85. The van der Waals surface area contributed by atoms with Crippen molar-refractivity contribution in [3.05, 3.63) is 68.2 Å². The number of rotatable bonds is 6. The maximum absolute atomic E-state index is 12.8. The van der Waals surface area contributed by atoms with Crippen LogP contribution in [0.15, 0.2) is 41.3 Å². The van der Waals surface area contributed by atoms with Crippen LogP contribution < -0.4 is 14.2 Å². The van der Waals surface area contributed by atoms with Gasteiger partial charge in [-0.25, -0.2) is 13.4 Å². The molecule has 11 heteroatoms. The fourth-order valence-electron chi connectivity index (χ4n) is 3.03. The minimum atomic E-state index is -4.03. The molecule has 0 atom stereocenters. The van der Waals surface area contributed by atoms with E-state index in [1.54, 1.807) is 13.8 Å². The first-order chi connectivity index (χ1) is 14.2. The van der Waals surface area contributed by atoms with E-state index in [2.05, 4.69) is 9.71 Å². The van der Waals surface area contributed by atoms with Crippen LogP contribution in [-0.4, -0.2) is 25.1 Å². The molecular formula is C19H17N3O6S2. The van der Waals surface area contributed by atoms with Crippen molar-refractivity contribution in [1.82, 2.24) is 4.98 Å². The molecule has 0 fully saturated rings. The first-order valence-corrected chi connectivity index (χ1v) is 11.2. The predicted molar refractivity (Wildman–Crippen MR) is 111 cm³/mol. The highest BCUT2D eigenvalue weighted by atomic mass is 32.2. The molecule has 1 aliphatic heterocycles. The Bertz CT molecular complexity index is 1250. The molecule has 156 valence electrons. The van der Waals surface area contributed by atoms with E-state index in [1.165, 1.54) is 23.5 Å². The largest absolute Gasteiger partial charge is 0.454 e. The Hall–Kier alpha value is -3.18. The van der Waals surface area contributed by atoms with Crippen LogP contribution in [0.2, 0.25) is 0 Å². The molecule has 0 bridgehead atoms. The molecule has 30 heavy (non-hydrogen) atoms. The van der Waals surface area contributed by atoms with E-state index in [0.717, 1.165) is 16.5 Å². The van der Waals surface area contributed by atoms with E-state index in [9.17, 15) is 18.5 Å². The van der Waals surface area contributed by atoms with Gasteiger partial charge in [-0.05, 0) is 37.1 Å². The lowest BCUT2D eigenvalue weighted by molar-refractivity contribution is -0.385. The number of fused-ring (bicyclic) bond motifs is 1. The van der Waals surface area contributed by atoms with Crippen molar-refractivity contribution < 1.29 is 22.8 Å². The van der Waals surface area contributed by atoms with Gasteiger partial charge in [-0.15, -0.1) is 11.3 Å². The third kappa shape index (κ3) is 3.94. The molecule has 0 unspecified atom stereocenters. The van der Waals surface area contributed by atoms with Gasteiger partial charge in [0.15, 0.2) is 16.6 Å². The number of aromatic nitrogens is 1. The molecule has 9 nitrogen and oxygen atoms in total. The van der Waals surface area contributed by atoms with Gasteiger partial charge in [0.2, 0.25) is 6.79 Å². The molecule has 0 amide bonds. The summed E-state index contributed by atoms with van der Waals surface area (Å²) in [5, 5.41) is 11.2. The molecule has 0 spiro atoms. The van der Waals surface area contributed by atoms with Crippen LogP contribution in [0, 0.1) is 24.0 Å². The predicted octanol–water partition coefficient (Wildman–Crippen LogP) is 3.79. The molecule has 1 aliphatic rings. The standard InChI is InChI=1S/C19H17N3O6S2/c1-11-3-5-14(22(23)24)9-18(11)30(25,26)21-19-20-12(2)17(29-19)8-13-4-6-15-16(7-13)28-10-27-15/h3-7,9H,8,10H2,1-2H3,(H,20,21). The number of aryl methyl sites for hydroxylation is 2. The van der Waals surface area contributed by atoms with Crippen LogP contribution in [0.3, 0.4) is 0 Å². The number of anilines is 1. The van der Waals surface area contributed by atoms with Crippen molar-refractivity contribution in [3.63, 3.8) is 0 Å². The number of nitrogens with one attached hydrogen (secondary N) is 1. The quantitative estimate of drug-likeness (QED) is 0.451. The van der Waals surface area contributed by atoms with E-state index >= 15 is 0 Å². The number of hydrogen-bond acceptors (Lipinski definition) is 8. The average Bonchev–Trinajstić information content (AvgIpc) is 3.27. The Labute approximate surface area is 176 Å². The van der Waals surface area contributed by atoms with Gasteiger partial charge in [0, 0.05) is 23.4 Å². The van der Waals surface area contributed by atoms with Crippen molar-refractivity contribution in [2.75, 3.05) is 11.5 Å². The second kappa shape index (κ2) is 7.58. The van der Waals surface area contributed by atoms with E-state index < -0.39 is 14.9 Å². The fraction of sp³-hybridized carbons (Fsp3) is 0.211. The highest BCUT2D eigenvalue weighted by Crippen LogP contribution is 2.34. The van der Waals surface area contributed by atoms with Crippen LogP contribution in [0.4, 0.5) is 10.8 Å². The summed E-state index contributed by atoms with van der Waals surface area (Å²) in [6.45, 7) is 3.58. The molecule has 4 rings (SSSR count). The molecule has 1 aromatic heterocycles. The van der Waals surface area contributed by atoms with Gasteiger partial charge >= 0.3 is 0 Å². The number of non-ortho nitro benzene ring substituents is 1. The number of nitro groups is 1. The molecule has 2 heterocycles. The van der Waals surface area contributed by atoms with Crippen LogP contribution in [0.5, 0.6) is 11.5 Å². The Morgan fingerprint density at radius 3 is 2.70 bits per heavy atom. The van der Waals surface area contributed by atoms with E-state index in [4.69, 9.17) is 9.47 Å². The minimum absolute atomic E-state index is 0.151. The third-order valence-corrected chi connectivity index (χ3v) is 7.27. The Kier molecular flexibility index (Phi) is 5.08. The summed E-state index contributed by atoms with van der Waals surface area (Å²) in [4.78, 5) is 15.4. The number of ether oxygens (including phenoxy) is 2. The maximum Gasteiger partial charge on any atom is 0.270 e. The lowest BCUT2D eigenvalue weighted by Gasteiger charge is -2.08. The smallest absolute Gasteiger partial charge is 0.270 e. The van der Waals surface area contributed by atoms with Crippen LogP contribution in [0.1, 0.15) is 21.7 Å². The van der Waals surface area contributed by atoms with Crippen LogP contribution in [0.25, 0.3) is 0 Å².